The highest BCUT2D eigenvalue weighted by Gasteiger charge is 2.12. The zero-order valence-electron chi connectivity index (χ0n) is 9.90. The van der Waals surface area contributed by atoms with Crippen LogP contribution in [-0.4, -0.2) is 10.9 Å². The lowest BCUT2D eigenvalue weighted by molar-refractivity contribution is 0.111. The van der Waals surface area contributed by atoms with Gasteiger partial charge in [-0.05, 0) is 17.9 Å². The normalized spacial score (nSPS) is 11.2. The summed E-state index contributed by atoms with van der Waals surface area (Å²) in [5, 5.41) is 3.56. The zero-order valence-corrected chi connectivity index (χ0v) is 9.90. The summed E-state index contributed by atoms with van der Waals surface area (Å²) in [6, 6.07) is 12.5. The molecule has 2 nitrogen and oxygen atoms in total. The smallest absolute Gasteiger partial charge is 0.166 e. The topological polar surface area (TPSA) is 22.0 Å². The van der Waals surface area contributed by atoms with Gasteiger partial charge in [0.25, 0.3) is 0 Å². The number of hydrogen-bond donors (Lipinski definition) is 0. The maximum absolute atomic E-state index is 11.1. The average Bonchev–Trinajstić information content (AvgIpc) is 2.61. The summed E-state index contributed by atoms with van der Waals surface area (Å²) in [4.78, 5) is 11.1. The third-order valence-electron chi connectivity index (χ3n) is 3.50. The molecule has 0 aliphatic heterocycles. The van der Waals surface area contributed by atoms with Crippen LogP contribution in [0, 0.1) is 6.92 Å². The van der Waals surface area contributed by atoms with E-state index < -0.39 is 0 Å². The van der Waals surface area contributed by atoms with E-state index in [9.17, 15) is 4.79 Å². The Morgan fingerprint density at radius 2 is 1.82 bits per heavy atom. The molecule has 17 heavy (non-hydrogen) atoms. The molecule has 0 aliphatic carbocycles. The molecule has 1 heterocycles. The third kappa shape index (κ3) is 1.24. The first-order valence-corrected chi connectivity index (χ1v) is 5.66. The van der Waals surface area contributed by atoms with Crippen molar-refractivity contribution in [2.45, 2.75) is 6.92 Å². The van der Waals surface area contributed by atoms with Gasteiger partial charge in [-0.1, -0.05) is 36.4 Å². The molecule has 84 valence electrons. The van der Waals surface area contributed by atoms with Gasteiger partial charge in [-0.15, -0.1) is 0 Å². The molecule has 0 aliphatic rings. The number of carbonyl (C=O) groups excluding carboxylic acids is 1. The van der Waals surface area contributed by atoms with E-state index in [1.807, 2.05) is 30.7 Å². The monoisotopic (exact) mass is 223 g/mol. The molecule has 2 heteroatoms. The van der Waals surface area contributed by atoms with Gasteiger partial charge in [0.15, 0.2) is 6.29 Å². The summed E-state index contributed by atoms with van der Waals surface area (Å²) >= 11 is 0. The van der Waals surface area contributed by atoms with Crippen molar-refractivity contribution in [1.82, 2.24) is 4.57 Å². The molecule has 0 bridgehead atoms. The molecule has 0 unspecified atom stereocenters. The van der Waals surface area contributed by atoms with E-state index >= 15 is 0 Å². The van der Waals surface area contributed by atoms with E-state index in [0.29, 0.717) is 0 Å². The lowest BCUT2D eigenvalue weighted by Gasteiger charge is -2.03. The standard InChI is InChI=1S/C15H13NO/c1-10-12-8-7-11-5-3-4-6-13(11)15(12)16(2)14(10)9-17/h3-9H,1-2H3. The Kier molecular flexibility index (Phi) is 2.05. The van der Waals surface area contributed by atoms with Gasteiger partial charge >= 0.3 is 0 Å². The van der Waals surface area contributed by atoms with Crippen LogP contribution < -0.4 is 0 Å². The molecule has 3 rings (SSSR count). The summed E-state index contributed by atoms with van der Waals surface area (Å²) < 4.78 is 1.99. The first-order valence-electron chi connectivity index (χ1n) is 5.66. The molecule has 3 aromatic rings. The fourth-order valence-corrected chi connectivity index (χ4v) is 2.60. The van der Waals surface area contributed by atoms with Crippen molar-refractivity contribution >= 4 is 28.0 Å². The number of hydrogen-bond acceptors (Lipinski definition) is 1. The van der Waals surface area contributed by atoms with Gasteiger partial charge in [0.1, 0.15) is 0 Å². The fourth-order valence-electron chi connectivity index (χ4n) is 2.60. The second kappa shape index (κ2) is 3.45. The quantitative estimate of drug-likeness (QED) is 0.579. The van der Waals surface area contributed by atoms with Crippen LogP contribution in [0.4, 0.5) is 0 Å². The lowest BCUT2D eigenvalue weighted by atomic mass is 10.1. The molecular weight excluding hydrogens is 210 g/mol. The van der Waals surface area contributed by atoms with Crippen LogP contribution in [0.2, 0.25) is 0 Å². The number of aromatic nitrogens is 1. The average molecular weight is 223 g/mol. The van der Waals surface area contributed by atoms with E-state index in [0.717, 1.165) is 28.4 Å². The van der Waals surface area contributed by atoms with Gasteiger partial charge in [0.2, 0.25) is 0 Å². The number of carbonyl (C=O) groups is 1. The van der Waals surface area contributed by atoms with Crippen LogP contribution in [0.25, 0.3) is 21.7 Å². The maximum atomic E-state index is 11.1. The van der Waals surface area contributed by atoms with Gasteiger partial charge in [-0.3, -0.25) is 4.79 Å². The lowest BCUT2D eigenvalue weighted by Crippen LogP contribution is -1.95. The second-order valence-corrected chi connectivity index (χ2v) is 4.37. The minimum absolute atomic E-state index is 0.761. The summed E-state index contributed by atoms with van der Waals surface area (Å²) in [6.45, 7) is 2.00. The maximum Gasteiger partial charge on any atom is 0.166 e. The van der Waals surface area contributed by atoms with Crippen LogP contribution in [0.5, 0.6) is 0 Å². The molecule has 0 saturated heterocycles. The highest BCUT2D eigenvalue weighted by atomic mass is 16.1. The number of benzene rings is 2. The minimum atomic E-state index is 0.761. The van der Waals surface area contributed by atoms with Crippen molar-refractivity contribution in [2.24, 2.45) is 7.05 Å². The number of aryl methyl sites for hydroxylation is 2. The Labute approximate surface area is 99.5 Å². The van der Waals surface area contributed by atoms with Gasteiger partial charge in [-0.25, -0.2) is 0 Å². The molecule has 1 aromatic heterocycles. The summed E-state index contributed by atoms with van der Waals surface area (Å²) in [5.41, 5.74) is 2.96. The van der Waals surface area contributed by atoms with Gasteiger partial charge in [0.05, 0.1) is 11.2 Å². The summed E-state index contributed by atoms with van der Waals surface area (Å²) in [7, 11) is 1.95. The molecule has 0 fully saturated rings. The molecule has 0 radical (unpaired) electrons. The van der Waals surface area contributed by atoms with Crippen molar-refractivity contribution in [3.63, 3.8) is 0 Å². The fraction of sp³-hybridized carbons (Fsp3) is 0.133. The number of rotatable bonds is 1. The molecular formula is C15H13NO. The van der Waals surface area contributed by atoms with Crippen molar-refractivity contribution in [3.8, 4) is 0 Å². The second-order valence-electron chi connectivity index (χ2n) is 4.37. The molecule has 0 spiro atoms. The van der Waals surface area contributed by atoms with Crippen molar-refractivity contribution < 1.29 is 4.79 Å². The molecule has 0 amide bonds. The molecule has 2 aromatic carbocycles. The highest BCUT2D eigenvalue weighted by molar-refractivity contribution is 6.09. The Hall–Kier alpha value is -2.09. The number of fused-ring (bicyclic) bond motifs is 3. The van der Waals surface area contributed by atoms with Crippen LogP contribution in [0.3, 0.4) is 0 Å². The predicted octanol–water partition coefficient (Wildman–Crippen LogP) is 3.45. The van der Waals surface area contributed by atoms with Gasteiger partial charge in [-0.2, -0.15) is 0 Å². The van der Waals surface area contributed by atoms with Crippen molar-refractivity contribution in [2.75, 3.05) is 0 Å². The Balaban J connectivity index is 2.63. The first kappa shape index (κ1) is 10.1. The Morgan fingerprint density at radius 3 is 2.59 bits per heavy atom. The molecule has 0 atom stereocenters. The van der Waals surface area contributed by atoms with Crippen LogP contribution in [0.1, 0.15) is 16.1 Å². The SMILES string of the molecule is Cc1c(C=O)n(C)c2c1ccc1ccccc12. The van der Waals surface area contributed by atoms with E-state index in [1.54, 1.807) is 0 Å². The highest BCUT2D eigenvalue weighted by Crippen LogP contribution is 2.30. The van der Waals surface area contributed by atoms with E-state index in [2.05, 4.69) is 24.3 Å². The number of aldehydes is 1. The van der Waals surface area contributed by atoms with Crippen molar-refractivity contribution in [3.05, 3.63) is 47.7 Å². The number of nitrogens with zero attached hydrogens (tertiary/aromatic N) is 1. The van der Waals surface area contributed by atoms with E-state index in [1.165, 1.54) is 10.8 Å². The van der Waals surface area contributed by atoms with Crippen LogP contribution >= 0.6 is 0 Å². The minimum Gasteiger partial charge on any atom is -0.341 e. The first-order chi connectivity index (χ1) is 8.24. The molecule has 0 N–H and O–H groups in total. The van der Waals surface area contributed by atoms with Gasteiger partial charge in [0, 0.05) is 17.8 Å². The van der Waals surface area contributed by atoms with E-state index in [-0.39, 0.29) is 0 Å². The van der Waals surface area contributed by atoms with Crippen molar-refractivity contribution in [1.29, 1.82) is 0 Å². The van der Waals surface area contributed by atoms with Crippen LogP contribution in [-0.2, 0) is 7.05 Å². The Morgan fingerprint density at radius 1 is 1.06 bits per heavy atom. The zero-order chi connectivity index (χ0) is 12.0. The largest absolute Gasteiger partial charge is 0.341 e. The molecule has 0 saturated carbocycles. The van der Waals surface area contributed by atoms with E-state index in [4.69, 9.17) is 0 Å². The third-order valence-corrected chi connectivity index (χ3v) is 3.50. The van der Waals surface area contributed by atoms with Crippen LogP contribution in [0.15, 0.2) is 36.4 Å². The Bertz CT molecular complexity index is 737. The summed E-state index contributed by atoms with van der Waals surface area (Å²) in [6.07, 6.45) is 0.935. The predicted molar refractivity (Wildman–Crippen MR) is 70.5 cm³/mol. The summed E-state index contributed by atoms with van der Waals surface area (Å²) in [5.74, 6) is 0. The van der Waals surface area contributed by atoms with Gasteiger partial charge < -0.3 is 4.57 Å².